The highest BCUT2D eigenvalue weighted by Gasteiger charge is 2.51. The number of amides is 2. The Balaban J connectivity index is 1.23. The van der Waals surface area contributed by atoms with Crippen LogP contribution in [0, 0.1) is 11.8 Å². The number of carbonyl (C=O) groups is 2. The molecule has 0 radical (unpaired) electrons. The van der Waals surface area contributed by atoms with Crippen molar-refractivity contribution in [3.05, 3.63) is 90.0 Å². The van der Waals surface area contributed by atoms with E-state index in [0.29, 0.717) is 18.7 Å². The van der Waals surface area contributed by atoms with Gasteiger partial charge in [-0.25, -0.2) is 8.78 Å². The standard InChI is InChI=1S/C33H35F2N3O3/c1-41-20-29-25-16-18-38(30(25)24-9-5-6-10-27(24)36-29)32(40)26-19-33(34,35)17-15-28(26)37-31(39)23-13-11-22(12-14-23)21-7-3-2-4-8-21/h2-14,25-26,28-30,36H,15-20H2,1H3,(H,37,39)/t25-,26+,28-,29+,30+/m1/s1. The second-order valence-corrected chi connectivity index (χ2v) is 11.5. The van der Waals surface area contributed by atoms with Gasteiger partial charge in [-0.3, -0.25) is 9.59 Å². The first-order valence-electron chi connectivity index (χ1n) is 14.3. The molecule has 2 heterocycles. The number of nitrogens with one attached hydrogen (secondary N) is 2. The lowest BCUT2D eigenvalue weighted by molar-refractivity contribution is -0.146. The fraction of sp³-hybridized carbons (Fsp3) is 0.394. The van der Waals surface area contributed by atoms with Crippen LogP contribution in [0.5, 0.6) is 0 Å². The van der Waals surface area contributed by atoms with E-state index in [1.165, 1.54) is 0 Å². The number of carbonyl (C=O) groups excluding carboxylic acids is 2. The maximum atomic E-state index is 14.8. The normalized spacial score (nSPS) is 26.4. The van der Waals surface area contributed by atoms with Gasteiger partial charge >= 0.3 is 0 Å². The number of anilines is 1. The second-order valence-electron chi connectivity index (χ2n) is 11.5. The number of likely N-dealkylation sites (tertiary alicyclic amines) is 1. The Hall–Kier alpha value is -3.78. The summed E-state index contributed by atoms with van der Waals surface area (Å²) in [5.41, 5.74) is 4.38. The molecule has 8 heteroatoms. The van der Waals surface area contributed by atoms with E-state index < -0.39 is 24.3 Å². The number of benzene rings is 3. The van der Waals surface area contributed by atoms with Gasteiger partial charge in [0.2, 0.25) is 11.8 Å². The lowest BCUT2D eigenvalue weighted by atomic mass is 9.79. The minimum Gasteiger partial charge on any atom is -0.383 e. The van der Waals surface area contributed by atoms with Gasteiger partial charge in [-0.15, -0.1) is 0 Å². The van der Waals surface area contributed by atoms with Crippen LogP contribution in [-0.2, 0) is 9.53 Å². The molecule has 0 aromatic heterocycles. The van der Waals surface area contributed by atoms with Gasteiger partial charge in [0.05, 0.1) is 24.6 Å². The Bertz CT molecular complexity index is 1400. The number of ether oxygens (including phenoxy) is 1. The predicted molar refractivity (Wildman–Crippen MR) is 154 cm³/mol. The van der Waals surface area contributed by atoms with Crippen LogP contribution in [-0.4, -0.2) is 55.0 Å². The van der Waals surface area contributed by atoms with E-state index in [9.17, 15) is 18.4 Å². The maximum Gasteiger partial charge on any atom is 0.251 e. The monoisotopic (exact) mass is 559 g/mol. The first-order chi connectivity index (χ1) is 19.8. The van der Waals surface area contributed by atoms with Crippen LogP contribution in [0.1, 0.15) is 47.6 Å². The van der Waals surface area contributed by atoms with E-state index in [0.717, 1.165) is 28.8 Å². The number of para-hydroxylation sites is 1. The molecule has 1 saturated heterocycles. The van der Waals surface area contributed by atoms with E-state index in [1.54, 1.807) is 24.1 Å². The third-order valence-corrected chi connectivity index (χ3v) is 8.92. The maximum absolute atomic E-state index is 14.8. The fourth-order valence-corrected chi connectivity index (χ4v) is 6.90. The van der Waals surface area contributed by atoms with E-state index >= 15 is 0 Å². The zero-order valence-corrected chi connectivity index (χ0v) is 23.1. The predicted octanol–water partition coefficient (Wildman–Crippen LogP) is 5.92. The molecule has 2 aliphatic heterocycles. The molecule has 0 unspecified atom stereocenters. The zero-order valence-electron chi connectivity index (χ0n) is 23.1. The molecule has 3 aromatic carbocycles. The molecular weight excluding hydrogens is 524 g/mol. The smallest absolute Gasteiger partial charge is 0.251 e. The number of nitrogens with zero attached hydrogens (tertiary/aromatic N) is 1. The van der Waals surface area contributed by atoms with Crippen molar-refractivity contribution >= 4 is 17.5 Å². The minimum absolute atomic E-state index is 0.0138. The lowest BCUT2D eigenvalue weighted by Crippen LogP contribution is -2.53. The first-order valence-corrected chi connectivity index (χ1v) is 14.3. The minimum atomic E-state index is -2.96. The molecule has 3 aliphatic rings. The highest BCUT2D eigenvalue weighted by molar-refractivity contribution is 5.95. The topological polar surface area (TPSA) is 70.7 Å². The Morgan fingerprint density at radius 3 is 2.44 bits per heavy atom. The third kappa shape index (κ3) is 5.45. The molecule has 5 atom stereocenters. The lowest BCUT2D eigenvalue weighted by Gasteiger charge is -2.42. The molecule has 1 saturated carbocycles. The summed E-state index contributed by atoms with van der Waals surface area (Å²) >= 11 is 0. The summed E-state index contributed by atoms with van der Waals surface area (Å²) < 4.78 is 35.0. The number of fused-ring (bicyclic) bond motifs is 3. The van der Waals surface area contributed by atoms with E-state index in [1.807, 2.05) is 66.7 Å². The van der Waals surface area contributed by atoms with Crippen LogP contribution in [0.15, 0.2) is 78.9 Å². The highest BCUT2D eigenvalue weighted by atomic mass is 19.3. The van der Waals surface area contributed by atoms with Crippen molar-refractivity contribution in [2.45, 2.75) is 49.7 Å². The van der Waals surface area contributed by atoms with Crippen LogP contribution >= 0.6 is 0 Å². The number of halogens is 2. The molecule has 1 aliphatic carbocycles. The van der Waals surface area contributed by atoms with Crippen LogP contribution in [0.4, 0.5) is 14.5 Å². The van der Waals surface area contributed by atoms with Crippen LogP contribution < -0.4 is 10.6 Å². The van der Waals surface area contributed by atoms with E-state index in [4.69, 9.17) is 4.74 Å². The average molecular weight is 560 g/mol. The Morgan fingerprint density at radius 1 is 0.976 bits per heavy atom. The first kappa shape index (κ1) is 27.4. The second kappa shape index (κ2) is 11.2. The highest BCUT2D eigenvalue weighted by Crippen LogP contribution is 2.48. The molecule has 6 nitrogen and oxygen atoms in total. The van der Waals surface area contributed by atoms with Crippen molar-refractivity contribution < 1.29 is 23.1 Å². The zero-order chi connectivity index (χ0) is 28.6. The van der Waals surface area contributed by atoms with Crippen molar-refractivity contribution in [3.8, 4) is 11.1 Å². The van der Waals surface area contributed by atoms with Gasteiger partial charge in [-0.2, -0.15) is 0 Å². The van der Waals surface area contributed by atoms with Crippen molar-refractivity contribution in [3.63, 3.8) is 0 Å². The summed E-state index contributed by atoms with van der Waals surface area (Å²) in [5.74, 6) is -4.52. The SMILES string of the molecule is COC[C@@H]1Nc2ccccc2[C@H]2[C@@H]1CCN2C(=O)[C@H]1CC(F)(F)CC[C@H]1NC(=O)c1ccc(-c2ccccc2)cc1. The summed E-state index contributed by atoms with van der Waals surface area (Å²) in [6, 6.07) is 24.0. The van der Waals surface area contributed by atoms with Gasteiger partial charge in [-0.05, 0) is 47.7 Å². The number of methoxy groups -OCH3 is 1. The number of alkyl halides is 2. The molecule has 41 heavy (non-hydrogen) atoms. The molecular formula is C33H35F2N3O3. The Labute approximate surface area is 239 Å². The molecule has 2 amide bonds. The third-order valence-electron chi connectivity index (χ3n) is 8.92. The van der Waals surface area contributed by atoms with E-state index in [-0.39, 0.29) is 42.7 Å². The van der Waals surface area contributed by atoms with Crippen LogP contribution in [0.3, 0.4) is 0 Å². The summed E-state index contributed by atoms with van der Waals surface area (Å²) in [4.78, 5) is 29.2. The van der Waals surface area contributed by atoms with Crippen LogP contribution in [0.25, 0.3) is 11.1 Å². The number of hydrogen-bond donors (Lipinski definition) is 2. The number of hydrogen-bond acceptors (Lipinski definition) is 4. The summed E-state index contributed by atoms with van der Waals surface area (Å²) in [6.45, 7) is 0.967. The van der Waals surface area contributed by atoms with Crippen LogP contribution in [0.2, 0.25) is 0 Å². The molecule has 2 N–H and O–H groups in total. The van der Waals surface area contributed by atoms with Gasteiger partial charge < -0.3 is 20.3 Å². The largest absolute Gasteiger partial charge is 0.383 e. The molecule has 2 fully saturated rings. The Morgan fingerprint density at radius 2 is 1.68 bits per heavy atom. The quantitative estimate of drug-likeness (QED) is 0.394. The molecule has 6 rings (SSSR count). The summed E-state index contributed by atoms with van der Waals surface area (Å²) in [6.07, 6.45) is -0.133. The van der Waals surface area contributed by atoms with Crippen molar-refractivity contribution in [1.82, 2.24) is 10.2 Å². The molecule has 214 valence electrons. The van der Waals surface area contributed by atoms with Gasteiger partial charge in [0, 0.05) is 49.7 Å². The Kier molecular flexibility index (Phi) is 7.51. The van der Waals surface area contributed by atoms with Crippen molar-refractivity contribution in [2.24, 2.45) is 11.8 Å². The van der Waals surface area contributed by atoms with Crippen molar-refractivity contribution in [2.75, 3.05) is 25.6 Å². The molecule has 0 spiro atoms. The fourth-order valence-electron chi connectivity index (χ4n) is 6.90. The van der Waals surface area contributed by atoms with Gasteiger partial charge in [-0.1, -0.05) is 60.7 Å². The van der Waals surface area contributed by atoms with Gasteiger partial charge in [0.15, 0.2) is 0 Å². The average Bonchev–Trinajstić information content (AvgIpc) is 3.44. The van der Waals surface area contributed by atoms with E-state index in [2.05, 4.69) is 10.6 Å². The number of rotatable bonds is 6. The van der Waals surface area contributed by atoms with Gasteiger partial charge in [0.1, 0.15) is 0 Å². The van der Waals surface area contributed by atoms with Crippen molar-refractivity contribution in [1.29, 1.82) is 0 Å². The summed E-state index contributed by atoms with van der Waals surface area (Å²) in [7, 11) is 1.65. The molecule has 0 bridgehead atoms. The summed E-state index contributed by atoms with van der Waals surface area (Å²) in [5, 5.41) is 6.50. The molecule has 3 aromatic rings. The van der Waals surface area contributed by atoms with Gasteiger partial charge in [0.25, 0.3) is 5.91 Å².